The minimum atomic E-state index is -0.0400. The van der Waals surface area contributed by atoms with Gasteiger partial charge in [0.05, 0.1) is 0 Å². The van der Waals surface area contributed by atoms with Gasteiger partial charge in [-0.15, -0.1) is 0 Å². The van der Waals surface area contributed by atoms with E-state index in [1.54, 1.807) is 19.0 Å². The number of carbonyl (C=O) groups is 1. The first-order valence-corrected chi connectivity index (χ1v) is 5.56. The first-order valence-electron chi connectivity index (χ1n) is 5.56. The third-order valence-corrected chi connectivity index (χ3v) is 2.92. The van der Waals surface area contributed by atoms with E-state index in [9.17, 15) is 4.79 Å². The molecule has 0 spiro atoms. The van der Waals surface area contributed by atoms with Crippen molar-refractivity contribution < 1.29 is 9.32 Å². The van der Waals surface area contributed by atoms with Crippen molar-refractivity contribution in [1.82, 2.24) is 15.4 Å². The zero-order valence-corrected chi connectivity index (χ0v) is 9.69. The summed E-state index contributed by atoms with van der Waals surface area (Å²) < 4.78 is 4.94. The van der Waals surface area contributed by atoms with Crippen molar-refractivity contribution in [3.05, 3.63) is 17.5 Å². The summed E-state index contributed by atoms with van der Waals surface area (Å²) in [6, 6.07) is 0. The summed E-state index contributed by atoms with van der Waals surface area (Å²) in [5, 5.41) is 7.29. The van der Waals surface area contributed by atoms with Crippen molar-refractivity contribution in [2.75, 3.05) is 27.2 Å². The van der Waals surface area contributed by atoms with E-state index in [2.05, 4.69) is 10.5 Å². The second-order valence-electron chi connectivity index (χ2n) is 4.36. The Kier molecular flexibility index (Phi) is 3.24. The molecule has 1 amide bonds. The highest BCUT2D eigenvalue weighted by Crippen LogP contribution is 2.25. The van der Waals surface area contributed by atoms with Gasteiger partial charge in [0.25, 0.3) is 5.91 Å². The van der Waals surface area contributed by atoms with Gasteiger partial charge in [-0.05, 0) is 19.4 Å². The van der Waals surface area contributed by atoms with Gasteiger partial charge >= 0.3 is 0 Å². The molecular weight excluding hydrogens is 206 g/mol. The standard InChI is InChI=1S/C11H17N3O2/c1-14(2)11(15)9-7-16-13-10(9)8-4-3-5-12-6-8/h7-8,12H,3-6H2,1-2H3. The Morgan fingerprint density at radius 2 is 2.44 bits per heavy atom. The number of hydrogen-bond donors (Lipinski definition) is 1. The molecule has 5 nitrogen and oxygen atoms in total. The molecule has 88 valence electrons. The summed E-state index contributed by atoms with van der Waals surface area (Å²) in [6.07, 6.45) is 3.63. The highest BCUT2D eigenvalue weighted by atomic mass is 16.5. The van der Waals surface area contributed by atoms with E-state index in [-0.39, 0.29) is 5.91 Å². The Hall–Kier alpha value is -1.36. The average Bonchev–Trinajstić information content (AvgIpc) is 2.77. The molecule has 0 radical (unpaired) electrons. The molecular formula is C11H17N3O2. The van der Waals surface area contributed by atoms with Crippen molar-refractivity contribution in [3.8, 4) is 0 Å². The van der Waals surface area contributed by atoms with Gasteiger partial charge in [-0.3, -0.25) is 4.79 Å². The normalized spacial score (nSPS) is 20.8. The second-order valence-corrected chi connectivity index (χ2v) is 4.36. The number of hydrogen-bond acceptors (Lipinski definition) is 4. The Morgan fingerprint density at radius 3 is 3.06 bits per heavy atom. The lowest BCUT2D eigenvalue weighted by atomic mass is 9.93. The minimum Gasteiger partial charge on any atom is -0.364 e. The predicted molar refractivity (Wildman–Crippen MR) is 59.4 cm³/mol. The van der Waals surface area contributed by atoms with Crippen LogP contribution in [0.3, 0.4) is 0 Å². The van der Waals surface area contributed by atoms with Crippen LogP contribution in [-0.2, 0) is 0 Å². The molecule has 1 N–H and O–H groups in total. The summed E-state index contributed by atoms with van der Waals surface area (Å²) in [4.78, 5) is 13.4. The Balaban J connectivity index is 2.21. The predicted octanol–water partition coefficient (Wildman–Crippen LogP) is 0.843. The molecule has 1 aromatic heterocycles. The molecule has 1 atom stereocenters. The topological polar surface area (TPSA) is 58.4 Å². The van der Waals surface area contributed by atoms with Gasteiger partial charge in [-0.1, -0.05) is 5.16 Å². The van der Waals surface area contributed by atoms with Crippen LogP contribution in [0, 0.1) is 0 Å². The molecule has 0 saturated carbocycles. The van der Waals surface area contributed by atoms with E-state index in [0.717, 1.165) is 31.6 Å². The van der Waals surface area contributed by atoms with Crippen LogP contribution >= 0.6 is 0 Å². The van der Waals surface area contributed by atoms with Crippen molar-refractivity contribution in [2.45, 2.75) is 18.8 Å². The van der Waals surface area contributed by atoms with Crippen LogP contribution in [0.4, 0.5) is 0 Å². The molecule has 1 unspecified atom stereocenters. The molecule has 16 heavy (non-hydrogen) atoms. The molecule has 0 bridgehead atoms. The van der Waals surface area contributed by atoms with Crippen LogP contribution in [0.1, 0.15) is 34.8 Å². The van der Waals surface area contributed by atoms with Crippen LogP contribution in [0.5, 0.6) is 0 Å². The van der Waals surface area contributed by atoms with Crippen molar-refractivity contribution >= 4 is 5.91 Å². The van der Waals surface area contributed by atoms with E-state index >= 15 is 0 Å². The van der Waals surface area contributed by atoms with Crippen LogP contribution in [-0.4, -0.2) is 43.1 Å². The minimum absolute atomic E-state index is 0.0400. The number of piperidine rings is 1. The maximum absolute atomic E-state index is 11.9. The van der Waals surface area contributed by atoms with E-state index in [1.807, 2.05) is 0 Å². The molecule has 0 aliphatic carbocycles. The third kappa shape index (κ3) is 2.09. The fourth-order valence-corrected chi connectivity index (χ4v) is 2.03. The van der Waals surface area contributed by atoms with Crippen molar-refractivity contribution in [3.63, 3.8) is 0 Å². The van der Waals surface area contributed by atoms with Gasteiger partial charge in [-0.2, -0.15) is 0 Å². The van der Waals surface area contributed by atoms with Gasteiger partial charge in [0.2, 0.25) is 0 Å². The van der Waals surface area contributed by atoms with Crippen LogP contribution in [0.25, 0.3) is 0 Å². The average molecular weight is 223 g/mol. The Morgan fingerprint density at radius 1 is 1.62 bits per heavy atom. The maximum atomic E-state index is 11.9. The van der Waals surface area contributed by atoms with Crippen LogP contribution in [0.2, 0.25) is 0 Å². The summed E-state index contributed by atoms with van der Waals surface area (Å²) in [7, 11) is 3.47. The molecule has 1 aliphatic rings. The summed E-state index contributed by atoms with van der Waals surface area (Å²) in [5.74, 6) is 0.258. The molecule has 1 saturated heterocycles. The van der Waals surface area contributed by atoms with E-state index < -0.39 is 0 Å². The quantitative estimate of drug-likeness (QED) is 0.807. The van der Waals surface area contributed by atoms with Gasteiger partial charge in [0, 0.05) is 26.6 Å². The van der Waals surface area contributed by atoms with Gasteiger partial charge in [0.1, 0.15) is 17.5 Å². The van der Waals surface area contributed by atoms with Crippen LogP contribution in [0.15, 0.2) is 10.8 Å². The molecule has 0 aromatic carbocycles. The van der Waals surface area contributed by atoms with Gasteiger partial charge in [0.15, 0.2) is 0 Å². The number of rotatable bonds is 2. The zero-order chi connectivity index (χ0) is 11.5. The highest BCUT2D eigenvalue weighted by Gasteiger charge is 2.25. The Bertz CT molecular complexity index is 367. The first kappa shape index (κ1) is 11.1. The fourth-order valence-electron chi connectivity index (χ4n) is 2.03. The van der Waals surface area contributed by atoms with Gasteiger partial charge in [-0.25, -0.2) is 0 Å². The lowest BCUT2D eigenvalue weighted by Gasteiger charge is -2.21. The molecule has 1 aromatic rings. The SMILES string of the molecule is CN(C)C(=O)c1conc1C1CCCNC1. The smallest absolute Gasteiger partial charge is 0.258 e. The number of amides is 1. The molecule has 1 fully saturated rings. The monoisotopic (exact) mass is 223 g/mol. The Labute approximate surface area is 94.8 Å². The van der Waals surface area contributed by atoms with E-state index in [1.165, 1.54) is 6.26 Å². The first-order chi connectivity index (χ1) is 7.70. The second kappa shape index (κ2) is 4.65. The largest absolute Gasteiger partial charge is 0.364 e. The number of nitrogens with zero attached hydrogens (tertiary/aromatic N) is 2. The summed E-state index contributed by atoms with van der Waals surface area (Å²) >= 11 is 0. The summed E-state index contributed by atoms with van der Waals surface area (Å²) in [6.45, 7) is 1.92. The van der Waals surface area contributed by atoms with Gasteiger partial charge < -0.3 is 14.7 Å². The lowest BCUT2D eigenvalue weighted by Crippen LogP contribution is -2.30. The zero-order valence-electron chi connectivity index (χ0n) is 9.69. The molecule has 2 rings (SSSR count). The maximum Gasteiger partial charge on any atom is 0.258 e. The number of aromatic nitrogens is 1. The van der Waals surface area contributed by atoms with Crippen molar-refractivity contribution in [1.29, 1.82) is 0 Å². The molecule has 5 heteroatoms. The molecule has 1 aliphatic heterocycles. The fraction of sp³-hybridized carbons (Fsp3) is 0.636. The highest BCUT2D eigenvalue weighted by molar-refractivity contribution is 5.94. The van der Waals surface area contributed by atoms with Crippen molar-refractivity contribution in [2.24, 2.45) is 0 Å². The van der Waals surface area contributed by atoms with Crippen LogP contribution < -0.4 is 5.32 Å². The number of nitrogens with one attached hydrogen (secondary N) is 1. The molecule has 2 heterocycles. The van der Waals surface area contributed by atoms with E-state index in [0.29, 0.717) is 11.5 Å². The lowest BCUT2D eigenvalue weighted by molar-refractivity contribution is 0.0825. The third-order valence-electron chi connectivity index (χ3n) is 2.92. The van der Waals surface area contributed by atoms with E-state index in [4.69, 9.17) is 4.52 Å². The number of carbonyl (C=O) groups excluding carboxylic acids is 1. The summed E-state index contributed by atoms with van der Waals surface area (Å²) in [5.41, 5.74) is 1.39.